The van der Waals surface area contributed by atoms with Gasteiger partial charge in [0.2, 0.25) is 5.13 Å². The van der Waals surface area contributed by atoms with Gasteiger partial charge < -0.3 is 4.74 Å². The van der Waals surface area contributed by atoms with E-state index in [1.807, 2.05) is 5.38 Å². The van der Waals surface area contributed by atoms with Crippen LogP contribution in [0.1, 0.15) is 19.4 Å². The third-order valence-electron chi connectivity index (χ3n) is 2.39. The van der Waals surface area contributed by atoms with Gasteiger partial charge in [0, 0.05) is 11.6 Å². The standard InChI is InChI=1S/C14H15Cl2N3OS/c1-9(2)8-20-13-11(15)5-10(6-12(13)16)7-18-19-14-17-3-4-21-14/h3-7,9H,8H2,1-2H3,(H,17,19)/b18-7-. The van der Waals surface area contributed by atoms with Crippen molar-refractivity contribution in [3.05, 3.63) is 39.3 Å². The molecular formula is C14H15Cl2N3OS. The summed E-state index contributed by atoms with van der Waals surface area (Å²) in [4.78, 5) is 4.06. The van der Waals surface area contributed by atoms with Crippen LogP contribution in [0.3, 0.4) is 0 Å². The van der Waals surface area contributed by atoms with Crippen LogP contribution in [-0.4, -0.2) is 17.8 Å². The molecule has 0 atom stereocenters. The fraction of sp³-hybridized carbons (Fsp3) is 0.286. The van der Waals surface area contributed by atoms with Crippen molar-refractivity contribution < 1.29 is 4.74 Å². The van der Waals surface area contributed by atoms with Gasteiger partial charge in [0.25, 0.3) is 0 Å². The lowest BCUT2D eigenvalue weighted by Crippen LogP contribution is -2.05. The van der Waals surface area contributed by atoms with E-state index >= 15 is 0 Å². The Morgan fingerprint density at radius 1 is 1.38 bits per heavy atom. The first-order chi connectivity index (χ1) is 10.1. The van der Waals surface area contributed by atoms with Gasteiger partial charge in [0.1, 0.15) is 0 Å². The van der Waals surface area contributed by atoms with Crippen molar-refractivity contribution in [2.24, 2.45) is 11.0 Å². The number of rotatable bonds is 6. The van der Waals surface area contributed by atoms with E-state index in [2.05, 4.69) is 29.4 Å². The zero-order chi connectivity index (χ0) is 15.2. The Hall–Kier alpha value is -1.30. The second-order valence-electron chi connectivity index (χ2n) is 4.73. The first-order valence-electron chi connectivity index (χ1n) is 6.36. The van der Waals surface area contributed by atoms with Gasteiger partial charge in [0.15, 0.2) is 5.75 Å². The van der Waals surface area contributed by atoms with E-state index in [4.69, 9.17) is 27.9 Å². The minimum Gasteiger partial charge on any atom is -0.490 e. The Kier molecular flexibility index (Phi) is 5.85. The topological polar surface area (TPSA) is 46.5 Å². The molecule has 0 spiro atoms. The largest absolute Gasteiger partial charge is 0.490 e. The molecule has 1 N–H and O–H groups in total. The number of nitrogens with zero attached hydrogens (tertiary/aromatic N) is 2. The van der Waals surface area contributed by atoms with Crippen LogP contribution in [0.15, 0.2) is 28.8 Å². The minimum atomic E-state index is 0.404. The predicted molar refractivity (Wildman–Crippen MR) is 90.1 cm³/mol. The van der Waals surface area contributed by atoms with E-state index < -0.39 is 0 Å². The summed E-state index contributed by atoms with van der Waals surface area (Å²) in [7, 11) is 0. The summed E-state index contributed by atoms with van der Waals surface area (Å²) in [5.74, 6) is 0.915. The van der Waals surface area contributed by atoms with Crippen LogP contribution < -0.4 is 10.2 Å². The second-order valence-corrected chi connectivity index (χ2v) is 6.43. The fourth-order valence-electron chi connectivity index (χ4n) is 1.48. The molecule has 7 heteroatoms. The van der Waals surface area contributed by atoms with Crippen molar-refractivity contribution in [2.45, 2.75) is 13.8 Å². The van der Waals surface area contributed by atoms with Crippen LogP contribution in [0.25, 0.3) is 0 Å². The highest BCUT2D eigenvalue weighted by Crippen LogP contribution is 2.34. The lowest BCUT2D eigenvalue weighted by atomic mass is 10.2. The zero-order valence-electron chi connectivity index (χ0n) is 11.6. The number of nitrogens with one attached hydrogen (secondary N) is 1. The molecule has 2 aromatic rings. The Balaban J connectivity index is 2.06. The normalized spacial score (nSPS) is 11.3. The number of anilines is 1. The lowest BCUT2D eigenvalue weighted by Gasteiger charge is -2.12. The summed E-state index contributed by atoms with van der Waals surface area (Å²) in [6.07, 6.45) is 3.34. The molecule has 0 radical (unpaired) electrons. The van der Waals surface area contributed by atoms with Gasteiger partial charge in [-0.05, 0) is 23.6 Å². The van der Waals surface area contributed by atoms with Crippen molar-refractivity contribution in [3.8, 4) is 5.75 Å². The van der Waals surface area contributed by atoms with Crippen LogP contribution in [0.2, 0.25) is 10.0 Å². The third kappa shape index (κ3) is 4.88. The van der Waals surface area contributed by atoms with Crippen molar-refractivity contribution in [1.82, 2.24) is 4.98 Å². The second kappa shape index (κ2) is 7.64. The minimum absolute atomic E-state index is 0.404. The molecule has 2 rings (SSSR count). The molecule has 0 aliphatic carbocycles. The number of aromatic nitrogens is 1. The third-order valence-corrected chi connectivity index (χ3v) is 3.63. The zero-order valence-corrected chi connectivity index (χ0v) is 14.0. The van der Waals surface area contributed by atoms with Crippen LogP contribution in [0.4, 0.5) is 5.13 Å². The van der Waals surface area contributed by atoms with Gasteiger partial charge >= 0.3 is 0 Å². The predicted octanol–water partition coefficient (Wildman–Crippen LogP) is 4.93. The molecule has 0 amide bonds. The Morgan fingerprint density at radius 2 is 2.10 bits per heavy atom. The van der Waals surface area contributed by atoms with Crippen molar-refractivity contribution >= 4 is 45.9 Å². The molecule has 4 nitrogen and oxygen atoms in total. The van der Waals surface area contributed by atoms with Gasteiger partial charge in [-0.15, -0.1) is 11.3 Å². The van der Waals surface area contributed by atoms with E-state index in [-0.39, 0.29) is 0 Å². The van der Waals surface area contributed by atoms with Crippen LogP contribution in [-0.2, 0) is 0 Å². The highest BCUT2D eigenvalue weighted by Gasteiger charge is 2.10. The lowest BCUT2D eigenvalue weighted by molar-refractivity contribution is 0.271. The summed E-state index contributed by atoms with van der Waals surface area (Å²) in [5.41, 5.74) is 3.61. The molecule has 1 aromatic heterocycles. The molecule has 0 fully saturated rings. The first-order valence-corrected chi connectivity index (χ1v) is 8.00. The van der Waals surface area contributed by atoms with E-state index in [0.29, 0.717) is 28.3 Å². The molecule has 0 bridgehead atoms. The molecule has 0 aliphatic rings. The number of halogens is 2. The Labute approximate surface area is 137 Å². The highest BCUT2D eigenvalue weighted by atomic mass is 35.5. The molecule has 0 saturated carbocycles. The average molecular weight is 344 g/mol. The van der Waals surface area contributed by atoms with Gasteiger partial charge in [0.05, 0.1) is 22.9 Å². The number of hydrogen-bond donors (Lipinski definition) is 1. The van der Waals surface area contributed by atoms with E-state index in [1.54, 1.807) is 24.5 Å². The molecule has 1 aromatic carbocycles. The van der Waals surface area contributed by atoms with Crippen molar-refractivity contribution in [3.63, 3.8) is 0 Å². The summed E-state index contributed by atoms with van der Waals surface area (Å²) >= 11 is 13.9. The smallest absolute Gasteiger partial charge is 0.203 e. The molecule has 1 heterocycles. The van der Waals surface area contributed by atoms with Gasteiger partial charge in [-0.1, -0.05) is 37.0 Å². The molecule has 21 heavy (non-hydrogen) atoms. The highest BCUT2D eigenvalue weighted by molar-refractivity contribution is 7.13. The summed E-state index contributed by atoms with van der Waals surface area (Å²) in [6, 6.07) is 3.52. The maximum Gasteiger partial charge on any atom is 0.203 e. The molecule has 0 unspecified atom stereocenters. The summed E-state index contributed by atoms with van der Waals surface area (Å²) < 4.78 is 5.62. The van der Waals surface area contributed by atoms with Gasteiger partial charge in [-0.2, -0.15) is 5.10 Å². The number of ether oxygens (including phenoxy) is 1. The van der Waals surface area contributed by atoms with Gasteiger partial charge in [-0.3, -0.25) is 5.43 Å². The Morgan fingerprint density at radius 3 is 2.67 bits per heavy atom. The van der Waals surface area contributed by atoms with Crippen molar-refractivity contribution in [2.75, 3.05) is 12.0 Å². The Bertz CT molecular complexity index is 592. The monoisotopic (exact) mass is 343 g/mol. The van der Waals surface area contributed by atoms with Crippen molar-refractivity contribution in [1.29, 1.82) is 0 Å². The quantitative estimate of drug-likeness (QED) is 0.597. The number of hydrogen-bond acceptors (Lipinski definition) is 5. The molecule has 0 saturated heterocycles. The van der Waals surface area contributed by atoms with Crippen LogP contribution >= 0.6 is 34.5 Å². The van der Waals surface area contributed by atoms with Crippen LogP contribution in [0.5, 0.6) is 5.75 Å². The maximum absolute atomic E-state index is 6.19. The van der Waals surface area contributed by atoms with E-state index in [9.17, 15) is 0 Å². The fourth-order valence-corrected chi connectivity index (χ4v) is 2.57. The average Bonchev–Trinajstić information content (AvgIpc) is 2.90. The SMILES string of the molecule is CC(C)COc1c(Cl)cc(/C=N\Nc2nccs2)cc1Cl. The number of hydrazone groups is 1. The summed E-state index contributed by atoms with van der Waals surface area (Å²) in [5, 5.41) is 7.62. The van der Waals surface area contributed by atoms with Gasteiger partial charge in [-0.25, -0.2) is 4.98 Å². The molecule has 0 aliphatic heterocycles. The molecule has 112 valence electrons. The summed E-state index contributed by atoms with van der Waals surface area (Å²) in [6.45, 7) is 4.69. The molecular weight excluding hydrogens is 329 g/mol. The number of benzene rings is 1. The maximum atomic E-state index is 6.19. The number of thiazole rings is 1. The van der Waals surface area contributed by atoms with Crippen LogP contribution in [0, 0.1) is 5.92 Å². The first kappa shape index (κ1) is 16.1. The van der Waals surface area contributed by atoms with E-state index in [0.717, 1.165) is 10.7 Å². The van der Waals surface area contributed by atoms with E-state index in [1.165, 1.54) is 11.3 Å².